The van der Waals surface area contributed by atoms with Gasteiger partial charge in [-0.3, -0.25) is 4.79 Å². The van der Waals surface area contributed by atoms with Crippen LogP contribution in [0.4, 0.5) is 4.39 Å². The van der Waals surface area contributed by atoms with Crippen LogP contribution in [0.2, 0.25) is 0 Å². The summed E-state index contributed by atoms with van der Waals surface area (Å²) in [4.78, 5) is 16.8. The molecule has 1 atom stereocenters. The number of likely N-dealkylation sites (tertiary alicyclic amines) is 2. The largest absolute Gasteiger partial charge is 0.387 e. The smallest absolute Gasteiger partial charge is 0.225 e. The third kappa shape index (κ3) is 4.33. The Morgan fingerprint density at radius 1 is 1.08 bits per heavy atom. The van der Waals surface area contributed by atoms with E-state index in [0.717, 1.165) is 57.4 Å². The summed E-state index contributed by atoms with van der Waals surface area (Å²) in [5.41, 5.74) is 0.739. The number of β-amino-alcohol motifs (C(OH)–C–C–N with tert-alkyl or cyclic N) is 1. The first kappa shape index (κ1) is 17.4. The second kappa shape index (κ2) is 8.08. The average Bonchev–Trinajstić information content (AvgIpc) is 2.63. The van der Waals surface area contributed by atoms with E-state index < -0.39 is 6.10 Å². The Kier molecular flexibility index (Phi) is 5.85. The van der Waals surface area contributed by atoms with Crippen LogP contribution >= 0.6 is 0 Å². The lowest BCUT2D eigenvalue weighted by atomic mass is 9.94. The monoisotopic (exact) mass is 334 g/mol. The number of piperidine rings is 2. The van der Waals surface area contributed by atoms with Crippen molar-refractivity contribution in [3.05, 3.63) is 35.6 Å². The maximum absolute atomic E-state index is 13.0. The highest BCUT2D eigenvalue weighted by Crippen LogP contribution is 2.24. The highest BCUT2D eigenvalue weighted by Gasteiger charge is 2.29. The molecule has 132 valence electrons. The predicted octanol–water partition coefficient (Wildman–Crippen LogP) is 2.58. The van der Waals surface area contributed by atoms with E-state index in [4.69, 9.17) is 0 Å². The van der Waals surface area contributed by atoms with Gasteiger partial charge < -0.3 is 14.9 Å². The summed E-state index contributed by atoms with van der Waals surface area (Å²) in [7, 11) is 0. The Hall–Kier alpha value is -1.46. The summed E-state index contributed by atoms with van der Waals surface area (Å²) >= 11 is 0. The lowest BCUT2D eigenvalue weighted by Gasteiger charge is -2.36. The number of carbonyl (C=O) groups is 1. The summed E-state index contributed by atoms with van der Waals surface area (Å²) < 4.78 is 13.0. The Bertz CT molecular complexity index is 535. The zero-order valence-corrected chi connectivity index (χ0v) is 14.2. The molecule has 0 aromatic heterocycles. The van der Waals surface area contributed by atoms with E-state index in [1.165, 1.54) is 18.6 Å². The second-order valence-electron chi connectivity index (χ2n) is 7.03. The van der Waals surface area contributed by atoms with Crippen molar-refractivity contribution in [3.8, 4) is 0 Å². The number of hydrogen-bond donors (Lipinski definition) is 1. The van der Waals surface area contributed by atoms with E-state index in [2.05, 4.69) is 4.90 Å². The maximum atomic E-state index is 13.0. The first-order valence-corrected chi connectivity index (χ1v) is 9.08. The minimum atomic E-state index is -0.611. The number of halogens is 1. The Morgan fingerprint density at radius 2 is 1.71 bits per heavy atom. The highest BCUT2D eigenvalue weighted by molar-refractivity contribution is 5.79. The van der Waals surface area contributed by atoms with Gasteiger partial charge in [0.1, 0.15) is 5.82 Å². The van der Waals surface area contributed by atoms with Crippen LogP contribution < -0.4 is 0 Å². The zero-order valence-electron chi connectivity index (χ0n) is 14.2. The van der Waals surface area contributed by atoms with Crippen molar-refractivity contribution in [3.63, 3.8) is 0 Å². The number of aliphatic hydroxyl groups excluding tert-OH is 1. The molecule has 1 unspecified atom stereocenters. The minimum Gasteiger partial charge on any atom is -0.387 e. The molecule has 1 aromatic carbocycles. The number of hydrogen-bond acceptors (Lipinski definition) is 3. The van der Waals surface area contributed by atoms with E-state index in [1.54, 1.807) is 12.1 Å². The third-order valence-corrected chi connectivity index (χ3v) is 5.29. The van der Waals surface area contributed by atoms with Gasteiger partial charge in [0.05, 0.1) is 6.10 Å². The topological polar surface area (TPSA) is 43.8 Å². The molecular weight excluding hydrogens is 307 g/mol. The molecule has 4 nitrogen and oxygen atoms in total. The van der Waals surface area contributed by atoms with Gasteiger partial charge in [-0.15, -0.1) is 0 Å². The fourth-order valence-electron chi connectivity index (χ4n) is 3.77. The molecule has 1 N–H and O–H groups in total. The first-order valence-electron chi connectivity index (χ1n) is 9.08. The number of aliphatic hydroxyl groups is 1. The molecule has 2 heterocycles. The standard InChI is InChI=1S/C19H27FN2O2/c20-17-6-4-15(5-7-17)18(23)14-21-12-8-16(9-13-21)19(24)22-10-2-1-3-11-22/h4-7,16,18,23H,1-3,8-14H2. The van der Waals surface area contributed by atoms with E-state index in [9.17, 15) is 14.3 Å². The zero-order chi connectivity index (χ0) is 16.9. The summed E-state index contributed by atoms with van der Waals surface area (Å²) in [6.07, 6.45) is 4.63. The van der Waals surface area contributed by atoms with Crippen LogP contribution in [0.5, 0.6) is 0 Å². The molecule has 2 fully saturated rings. The lowest BCUT2D eigenvalue weighted by Crippen LogP contribution is -2.45. The molecule has 1 aromatic rings. The van der Waals surface area contributed by atoms with Gasteiger partial charge in [-0.05, 0) is 62.9 Å². The molecule has 0 spiro atoms. The minimum absolute atomic E-state index is 0.141. The third-order valence-electron chi connectivity index (χ3n) is 5.29. The summed E-state index contributed by atoms with van der Waals surface area (Å²) in [6.45, 7) is 4.05. The van der Waals surface area contributed by atoms with Crippen LogP contribution in [0, 0.1) is 11.7 Å². The van der Waals surface area contributed by atoms with Crippen molar-refractivity contribution >= 4 is 5.91 Å². The van der Waals surface area contributed by atoms with E-state index in [1.807, 2.05) is 4.90 Å². The molecule has 24 heavy (non-hydrogen) atoms. The predicted molar refractivity (Wildman–Crippen MR) is 91.0 cm³/mol. The van der Waals surface area contributed by atoms with Gasteiger partial charge in [-0.2, -0.15) is 0 Å². The molecule has 5 heteroatoms. The number of rotatable bonds is 4. The van der Waals surface area contributed by atoms with Crippen molar-refractivity contribution < 1.29 is 14.3 Å². The van der Waals surface area contributed by atoms with Gasteiger partial charge in [0.2, 0.25) is 5.91 Å². The highest BCUT2D eigenvalue weighted by atomic mass is 19.1. The average molecular weight is 334 g/mol. The first-order chi connectivity index (χ1) is 11.6. The quantitative estimate of drug-likeness (QED) is 0.920. The van der Waals surface area contributed by atoms with Crippen molar-refractivity contribution in [1.82, 2.24) is 9.80 Å². The number of nitrogens with zero attached hydrogens (tertiary/aromatic N) is 2. The fraction of sp³-hybridized carbons (Fsp3) is 0.632. The maximum Gasteiger partial charge on any atom is 0.225 e. The van der Waals surface area contributed by atoms with Crippen LogP contribution in [0.3, 0.4) is 0 Å². The SMILES string of the molecule is O=C(C1CCN(CC(O)c2ccc(F)cc2)CC1)N1CCCCC1. The van der Waals surface area contributed by atoms with Gasteiger partial charge >= 0.3 is 0 Å². The van der Waals surface area contributed by atoms with Crippen LogP contribution in [0.1, 0.15) is 43.8 Å². The molecule has 0 saturated carbocycles. The Balaban J connectivity index is 1.46. The molecular formula is C19H27FN2O2. The molecule has 2 saturated heterocycles. The fourth-order valence-corrected chi connectivity index (χ4v) is 3.77. The van der Waals surface area contributed by atoms with E-state index >= 15 is 0 Å². The van der Waals surface area contributed by atoms with E-state index in [0.29, 0.717) is 12.5 Å². The van der Waals surface area contributed by atoms with Crippen molar-refractivity contribution in [2.45, 2.75) is 38.2 Å². The van der Waals surface area contributed by atoms with Crippen molar-refractivity contribution in [1.29, 1.82) is 0 Å². The van der Waals surface area contributed by atoms with Crippen LogP contribution in [0.15, 0.2) is 24.3 Å². The molecule has 2 aliphatic rings. The number of amides is 1. The van der Waals surface area contributed by atoms with Crippen LogP contribution in [-0.2, 0) is 4.79 Å². The summed E-state index contributed by atoms with van der Waals surface area (Å²) in [5.74, 6) is 0.179. The van der Waals surface area contributed by atoms with Gasteiger partial charge in [0.15, 0.2) is 0 Å². The normalized spacial score (nSPS) is 21.7. The Morgan fingerprint density at radius 3 is 2.33 bits per heavy atom. The molecule has 3 rings (SSSR count). The summed E-state index contributed by atoms with van der Waals surface area (Å²) in [5, 5.41) is 10.3. The van der Waals surface area contributed by atoms with Crippen molar-refractivity contribution in [2.75, 3.05) is 32.7 Å². The molecule has 0 radical (unpaired) electrons. The van der Waals surface area contributed by atoms with Gasteiger partial charge in [-0.25, -0.2) is 4.39 Å². The second-order valence-corrected chi connectivity index (χ2v) is 7.03. The number of carbonyl (C=O) groups excluding carboxylic acids is 1. The van der Waals surface area contributed by atoms with Crippen LogP contribution in [-0.4, -0.2) is 53.5 Å². The molecule has 0 aliphatic carbocycles. The van der Waals surface area contributed by atoms with Crippen molar-refractivity contribution in [2.24, 2.45) is 5.92 Å². The summed E-state index contributed by atoms with van der Waals surface area (Å²) in [6, 6.07) is 6.02. The molecule has 0 bridgehead atoms. The lowest BCUT2D eigenvalue weighted by molar-refractivity contribution is -0.138. The van der Waals surface area contributed by atoms with E-state index in [-0.39, 0.29) is 11.7 Å². The van der Waals surface area contributed by atoms with Gasteiger partial charge in [0.25, 0.3) is 0 Å². The molecule has 1 amide bonds. The van der Waals surface area contributed by atoms with Gasteiger partial charge in [0, 0.05) is 25.6 Å². The Labute approximate surface area is 143 Å². The molecule has 2 aliphatic heterocycles. The van der Waals surface area contributed by atoms with Gasteiger partial charge in [-0.1, -0.05) is 12.1 Å². The number of benzene rings is 1. The van der Waals surface area contributed by atoms with Crippen LogP contribution in [0.25, 0.3) is 0 Å².